The Kier molecular flexibility index (Phi) is 7.74. The van der Waals surface area contributed by atoms with Gasteiger partial charge in [0.2, 0.25) is 5.91 Å². The molecule has 1 fully saturated rings. The standard InChI is InChI=1S/C25H22Cl3F4N3O4/c1-23(2,3)38-22(37)35(33-21(36)12-4-5-12)19-8-13(6-7-15(19)26)18-11-24(39-34-18,25(30,31)32)14-9-16(27)20(29)17(28)10-14/h6-10,12H,4-5,11H2,1-3H3,(H,33,36). The van der Waals surface area contributed by atoms with E-state index in [1.165, 1.54) is 18.2 Å². The van der Waals surface area contributed by atoms with Crippen LogP contribution in [0, 0.1) is 11.7 Å². The molecular formula is C25H22Cl3F4N3O4. The first kappa shape index (κ1) is 29.2. The molecule has 1 saturated carbocycles. The lowest BCUT2D eigenvalue weighted by Crippen LogP contribution is -2.49. The second-order valence-electron chi connectivity index (χ2n) is 10.1. The Morgan fingerprint density at radius 2 is 1.69 bits per heavy atom. The highest BCUT2D eigenvalue weighted by atomic mass is 35.5. The number of carbonyl (C=O) groups is 2. The van der Waals surface area contributed by atoms with Crippen molar-refractivity contribution in [3.63, 3.8) is 0 Å². The Hall–Kier alpha value is -2.76. The molecule has 1 atom stereocenters. The van der Waals surface area contributed by atoms with Crippen LogP contribution in [0.1, 0.15) is 51.2 Å². The average Bonchev–Trinajstić information content (AvgIpc) is 3.57. The van der Waals surface area contributed by atoms with Crippen LogP contribution in [0.25, 0.3) is 0 Å². The Labute approximate surface area is 235 Å². The molecule has 210 valence electrons. The number of amides is 2. The lowest BCUT2D eigenvalue weighted by molar-refractivity contribution is -0.275. The van der Waals surface area contributed by atoms with Crippen molar-refractivity contribution in [1.82, 2.24) is 5.43 Å². The van der Waals surface area contributed by atoms with E-state index in [4.69, 9.17) is 44.4 Å². The molecule has 1 unspecified atom stereocenters. The summed E-state index contributed by atoms with van der Waals surface area (Å²) in [5, 5.41) is 3.24. The lowest BCUT2D eigenvalue weighted by atomic mass is 9.86. The van der Waals surface area contributed by atoms with E-state index < -0.39 is 57.2 Å². The van der Waals surface area contributed by atoms with Crippen LogP contribution in [-0.2, 0) is 20.0 Å². The van der Waals surface area contributed by atoms with E-state index in [0.717, 1.165) is 17.1 Å². The van der Waals surface area contributed by atoms with Crippen molar-refractivity contribution in [2.75, 3.05) is 5.01 Å². The van der Waals surface area contributed by atoms with Crippen LogP contribution in [0.4, 0.5) is 28.0 Å². The number of nitrogens with zero attached hydrogens (tertiary/aromatic N) is 2. The molecule has 2 aromatic carbocycles. The second-order valence-corrected chi connectivity index (χ2v) is 11.3. The Morgan fingerprint density at radius 1 is 1.08 bits per heavy atom. The first-order chi connectivity index (χ1) is 18.0. The maximum atomic E-state index is 14.4. The zero-order valence-corrected chi connectivity index (χ0v) is 23.0. The molecule has 14 heteroatoms. The summed E-state index contributed by atoms with van der Waals surface area (Å²) in [6.45, 7) is 4.87. The monoisotopic (exact) mass is 609 g/mol. The fourth-order valence-corrected chi connectivity index (χ4v) is 4.46. The van der Waals surface area contributed by atoms with Gasteiger partial charge in [0.05, 0.1) is 26.5 Å². The number of ether oxygens (including phenoxy) is 1. The van der Waals surface area contributed by atoms with Crippen molar-refractivity contribution in [2.24, 2.45) is 11.1 Å². The third-order valence-electron chi connectivity index (χ3n) is 5.90. The lowest BCUT2D eigenvalue weighted by Gasteiger charge is -2.30. The van der Waals surface area contributed by atoms with E-state index in [-0.39, 0.29) is 27.9 Å². The minimum Gasteiger partial charge on any atom is -0.442 e. The molecule has 1 heterocycles. The topological polar surface area (TPSA) is 80.2 Å². The SMILES string of the molecule is CC(C)(C)OC(=O)N(NC(=O)C1CC1)c1cc(C2=NOC(c3cc(Cl)c(F)c(Cl)c3)(C(F)(F)F)C2)ccc1Cl. The van der Waals surface area contributed by atoms with Gasteiger partial charge in [0.25, 0.3) is 5.60 Å². The van der Waals surface area contributed by atoms with Gasteiger partial charge in [0.15, 0.2) is 5.82 Å². The smallest absolute Gasteiger partial charge is 0.435 e. The maximum Gasteiger partial charge on any atom is 0.435 e. The van der Waals surface area contributed by atoms with Crippen molar-refractivity contribution >= 4 is 58.2 Å². The third kappa shape index (κ3) is 6.05. The molecule has 2 aromatic rings. The number of hydrogen-bond donors (Lipinski definition) is 1. The predicted molar refractivity (Wildman–Crippen MR) is 137 cm³/mol. The molecule has 1 N–H and O–H groups in total. The summed E-state index contributed by atoms with van der Waals surface area (Å²) in [4.78, 5) is 30.5. The summed E-state index contributed by atoms with van der Waals surface area (Å²) >= 11 is 17.9. The van der Waals surface area contributed by atoms with Gasteiger partial charge in [0, 0.05) is 23.5 Å². The summed E-state index contributed by atoms with van der Waals surface area (Å²) in [6.07, 6.45) is -5.52. The zero-order valence-electron chi connectivity index (χ0n) is 20.8. The summed E-state index contributed by atoms with van der Waals surface area (Å²) in [5.41, 5.74) is -2.14. The van der Waals surface area contributed by atoms with Crippen LogP contribution < -0.4 is 10.4 Å². The first-order valence-corrected chi connectivity index (χ1v) is 12.8. The molecule has 0 spiro atoms. The van der Waals surface area contributed by atoms with Gasteiger partial charge in [-0.05, 0) is 57.9 Å². The predicted octanol–water partition coefficient (Wildman–Crippen LogP) is 7.55. The molecule has 2 amide bonds. The summed E-state index contributed by atoms with van der Waals surface area (Å²) in [7, 11) is 0. The molecule has 0 bridgehead atoms. The van der Waals surface area contributed by atoms with Crippen molar-refractivity contribution in [3.05, 3.63) is 62.3 Å². The molecule has 0 saturated heterocycles. The highest BCUT2D eigenvalue weighted by molar-refractivity contribution is 6.35. The Morgan fingerprint density at radius 3 is 2.23 bits per heavy atom. The van der Waals surface area contributed by atoms with Crippen LogP contribution in [0.5, 0.6) is 0 Å². The number of benzene rings is 2. The number of oxime groups is 1. The Balaban J connectivity index is 1.71. The number of nitrogens with one attached hydrogen (secondary N) is 1. The fraction of sp³-hybridized carbons (Fsp3) is 0.400. The van der Waals surface area contributed by atoms with E-state index >= 15 is 0 Å². The second kappa shape index (κ2) is 10.3. The van der Waals surface area contributed by atoms with E-state index in [1.54, 1.807) is 20.8 Å². The van der Waals surface area contributed by atoms with Crippen LogP contribution >= 0.6 is 34.8 Å². The normalized spacial score (nSPS) is 19.3. The molecule has 4 rings (SSSR count). The van der Waals surface area contributed by atoms with Gasteiger partial charge in [-0.2, -0.15) is 18.2 Å². The Bertz CT molecular complexity index is 1340. The molecule has 0 radical (unpaired) electrons. The van der Waals surface area contributed by atoms with Gasteiger partial charge in [0.1, 0.15) is 5.60 Å². The van der Waals surface area contributed by atoms with Crippen LogP contribution in [0.2, 0.25) is 15.1 Å². The van der Waals surface area contributed by atoms with E-state index in [0.29, 0.717) is 12.8 Å². The number of anilines is 1. The minimum absolute atomic E-state index is 0.000552. The van der Waals surface area contributed by atoms with Gasteiger partial charge >= 0.3 is 12.3 Å². The molecular weight excluding hydrogens is 589 g/mol. The van der Waals surface area contributed by atoms with Gasteiger partial charge < -0.3 is 9.57 Å². The molecule has 7 nitrogen and oxygen atoms in total. The van der Waals surface area contributed by atoms with E-state index in [1.807, 2.05) is 0 Å². The molecule has 2 aliphatic rings. The minimum atomic E-state index is -5.02. The van der Waals surface area contributed by atoms with Crippen LogP contribution in [0.3, 0.4) is 0 Å². The van der Waals surface area contributed by atoms with Crippen molar-refractivity contribution in [3.8, 4) is 0 Å². The van der Waals surface area contributed by atoms with E-state index in [9.17, 15) is 27.2 Å². The van der Waals surface area contributed by atoms with Gasteiger partial charge in [-0.15, -0.1) is 0 Å². The number of rotatable bonds is 4. The number of hydrazine groups is 1. The molecule has 0 aromatic heterocycles. The van der Waals surface area contributed by atoms with Crippen molar-refractivity contribution in [2.45, 2.75) is 57.4 Å². The first-order valence-electron chi connectivity index (χ1n) is 11.6. The molecule has 39 heavy (non-hydrogen) atoms. The van der Waals surface area contributed by atoms with Crippen LogP contribution in [0.15, 0.2) is 35.5 Å². The van der Waals surface area contributed by atoms with Crippen LogP contribution in [-0.4, -0.2) is 29.5 Å². The largest absolute Gasteiger partial charge is 0.442 e. The fourth-order valence-electron chi connectivity index (χ4n) is 3.77. The summed E-state index contributed by atoms with van der Waals surface area (Å²) in [6, 6.07) is 5.54. The van der Waals surface area contributed by atoms with Gasteiger partial charge in [-0.1, -0.05) is 46.0 Å². The highest BCUT2D eigenvalue weighted by Crippen LogP contribution is 2.50. The summed E-state index contributed by atoms with van der Waals surface area (Å²) in [5.74, 6) is -1.80. The van der Waals surface area contributed by atoms with Crippen molar-refractivity contribution in [1.29, 1.82) is 0 Å². The maximum absolute atomic E-state index is 14.4. The third-order valence-corrected chi connectivity index (χ3v) is 6.77. The average molecular weight is 611 g/mol. The van der Waals surface area contributed by atoms with Crippen molar-refractivity contribution < 1.29 is 36.7 Å². The number of carbonyl (C=O) groups excluding carboxylic acids is 2. The van der Waals surface area contributed by atoms with E-state index in [2.05, 4.69) is 10.6 Å². The zero-order chi connectivity index (χ0) is 28.9. The summed E-state index contributed by atoms with van der Waals surface area (Å²) < 4.78 is 62.5. The highest BCUT2D eigenvalue weighted by Gasteiger charge is 2.62. The number of alkyl halides is 3. The molecule has 1 aliphatic carbocycles. The van der Waals surface area contributed by atoms with Gasteiger partial charge in [-0.3, -0.25) is 10.2 Å². The molecule has 1 aliphatic heterocycles. The number of hydrogen-bond acceptors (Lipinski definition) is 5. The quantitative estimate of drug-likeness (QED) is 0.220. The van der Waals surface area contributed by atoms with Gasteiger partial charge in [-0.25, -0.2) is 9.18 Å². The number of halogens is 7.